The molecule has 0 heterocycles. The van der Waals surface area contributed by atoms with Crippen molar-refractivity contribution in [2.24, 2.45) is 5.92 Å². The number of hydrogen-bond donors (Lipinski definition) is 0. The number of carbonyl (C=O) groups is 1. The molecule has 0 saturated heterocycles. The minimum Gasteiger partial charge on any atom is -0.496 e. The van der Waals surface area contributed by atoms with Crippen molar-refractivity contribution in [1.82, 2.24) is 0 Å². The van der Waals surface area contributed by atoms with E-state index in [2.05, 4.69) is 28.9 Å². The number of ketones is 1. The first-order valence-corrected chi connectivity index (χ1v) is 7.20. The van der Waals surface area contributed by atoms with E-state index in [4.69, 9.17) is 4.74 Å². The van der Waals surface area contributed by atoms with Crippen LogP contribution < -0.4 is 4.74 Å². The van der Waals surface area contributed by atoms with Crippen LogP contribution in [0.3, 0.4) is 0 Å². The zero-order chi connectivity index (χ0) is 13.5. The molecule has 0 aromatic heterocycles. The topological polar surface area (TPSA) is 26.3 Å². The lowest BCUT2D eigenvalue weighted by molar-refractivity contribution is -0.119. The number of carbonyl (C=O) groups excluding carboxylic acids is 1. The molecular weight excluding hydrogens is 292 g/mol. The maximum atomic E-state index is 11.6. The third kappa shape index (κ3) is 4.81. The van der Waals surface area contributed by atoms with Gasteiger partial charge in [-0.1, -0.05) is 29.8 Å². The molecule has 1 unspecified atom stereocenters. The van der Waals surface area contributed by atoms with Crippen LogP contribution in [0.25, 0.3) is 0 Å². The van der Waals surface area contributed by atoms with E-state index < -0.39 is 0 Å². The van der Waals surface area contributed by atoms with E-state index in [1.165, 1.54) is 0 Å². The number of halogens is 1. The number of Topliss-reactive ketones (excluding diaryl/α,β-unsaturated/α-hetero) is 1. The van der Waals surface area contributed by atoms with Crippen LogP contribution in [0.5, 0.6) is 5.75 Å². The van der Waals surface area contributed by atoms with Crippen molar-refractivity contribution in [2.75, 3.05) is 7.11 Å². The van der Waals surface area contributed by atoms with Crippen LogP contribution in [-0.4, -0.2) is 12.9 Å². The van der Waals surface area contributed by atoms with Crippen LogP contribution in [0.4, 0.5) is 0 Å². The quantitative estimate of drug-likeness (QED) is 0.746. The van der Waals surface area contributed by atoms with Gasteiger partial charge < -0.3 is 4.74 Å². The Hall–Kier alpha value is -0.830. The second-order valence-corrected chi connectivity index (χ2v) is 5.67. The smallest absolute Gasteiger partial charge is 0.133 e. The summed E-state index contributed by atoms with van der Waals surface area (Å²) in [7, 11) is 1.68. The standard InChI is InChI=1S/C15H21BrO2/c1-4-5-14(17)9-11(2)8-12-10-13(16)6-7-15(12)18-3/h6-7,10-11H,4-5,8-9H2,1-3H3. The van der Waals surface area contributed by atoms with Crippen molar-refractivity contribution in [2.45, 2.75) is 39.5 Å². The Morgan fingerprint density at radius 3 is 2.78 bits per heavy atom. The highest BCUT2D eigenvalue weighted by molar-refractivity contribution is 9.10. The number of methoxy groups -OCH3 is 1. The fourth-order valence-corrected chi connectivity index (χ4v) is 2.53. The Balaban J connectivity index is 2.66. The Kier molecular flexibility index (Phi) is 6.41. The van der Waals surface area contributed by atoms with Gasteiger partial charge in [-0.3, -0.25) is 4.79 Å². The Labute approximate surface area is 118 Å². The molecule has 18 heavy (non-hydrogen) atoms. The molecule has 1 aromatic rings. The van der Waals surface area contributed by atoms with Crippen LogP contribution >= 0.6 is 15.9 Å². The Bertz CT molecular complexity index is 401. The maximum Gasteiger partial charge on any atom is 0.133 e. The van der Waals surface area contributed by atoms with Crippen molar-refractivity contribution in [3.8, 4) is 5.75 Å². The molecule has 0 bridgehead atoms. The van der Waals surface area contributed by atoms with Crippen molar-refractivity contribution in [1.29, 1.82) is 0 Å². The van der Waals surface area contributed by atoms with Gasteiger partial charge in [0.25, 0.3) is 0 Å². The summed E-state index contributed by atoms with van der Waals surface area (Å²) in [6, 6.07) is 5.99. The van der Waals surface area contributed by atoms with E-state index in [0.717, 1.165) is 28.6 Å². The zero-order valence-electron chi connectivity index (χ0n) is 11.3. The highest BCUT2D eigenvalue weighted by Crippen LogP contribution is 2.26. The maximum absolute atomic E-state index is 11.6. The van der Waals surface area contributed by atoms with Crippen molar-refractivity contribution in [3.05, 3.63) is 28.2 Å². The van der Waals surface area contributed by atoms with Gasteiger partial charge in [0.05, 0.1) is 7.11 Å². The number of hydrogen-bond acceptors (Lipinski definition) is 2. The zero-order valence-corrected chi connectivity index (χ0v) is 12.9. The van der Waals surface area contributed by atoms with E-state index in [0.29, 0.717) is 24.5 Å². The van der Waals surface area contributed by atoms with Gasteiger partial charge in [0, 0.05) is 17.3 Å². The van der Waals surface area contributed by atoms with Gasteiger partial charge in [0.1, 0.15) is 11.5 Å². The van der Waals surface area contributed by atoms with Crippen LogP contribution in [0.2, 0.25) is 0 Å². The summed E-state index contributed by atoms with van der Waals surface area (Å²) in [5, 5.41) is 0. The molecule has 1 atom stereocenters. The normalized spacial score (nSPS) is 12.2. The molecule has 3 heteroatoms. The van der Waals surface area contributed by atoms with E-state index in [-0.39, 0.29) is 0 Å². The highest BCUT2D eigenvalue weighted by atomic mass is 79.9. The predicted molar refractivity (Wildman–Crippen MR) is 78.1 cm³/mol. The molecule has 0 aliphatic carbocycles. The first kappa shape index (κ1) is 15.2. The Morgan fingerprint density at radius 2 is 2.17 bits per heavy atom. The van der Waals surface area contributed by atoms with Gasteiger partial charge in [-0.15, -0.1) is 0 Å². The first-order valence-electron chi connectivity index (χ1n) is 6.41. The van der Waals surface area contributed by atoms with Crippen LogP contribution in [-0.2, 0) is 11.2 Å². The van der Waals surface area contributed by atoms with E-state index in [9.17, 15) is 4.79 Å². The fraction of sp³-hybridized carbons (Fsp3) is 0.533. The fourth-order valence-electron chi connectivity index (χ4n) is 2.12. The third-order valence-corrected chi connectivity index (χ3v) is 3.41. The summed E-state index contributed by atoms with van der Waals surface area (Å²) >= 11 is 3.47. The van der Waals surface area contributed by atoms with E-state index in [1.54, 1.807) is 7.11 Å². The molecule has 1 rings (SSSR count). The molecule has 0 amide bonds. The molecule has 1 aromatic carbocycles. The average molecular weight is 313 g/mol. The molecule has 2 nitrogen and oxygen atoms in total. The number of benzene rings is 1. The second-order valence-electron chi connectivity index (χ2n) is 4.76. The molecular formula is C15H21BrO2. The van der Waals surface area contributed by atoms with E-state index >= 15 is 0 Å². The second kappa shape index (κ2) is 7.57. The van der Waals surface area contributed by atoms with Crippen LogP contribution in [0.1, 0.15) is 38.7 Å². The predicted octanol–water partition coefficient (Wildman–Crippen LogP) is 4.40. The lowest BCUT2D eigenvalue weighted by Crippen LogP contribution is -2.08. The van der Waals surface area contributed by atoms with Crippen molar-refractivity contribution >= 4 is 21.7 Å². The van der Waals surface area contributed by atoms with Gasteiger partial charge in [0.2, 0.25) is 0 Å². The summed E-state index contributed by atoms with van der Waals surface area (Å²) in [5.41, 5.74) is 1.16. The molecule has 0 N–H and O–H groups in total. The molecule has 0 fully saturated rings. The van der Waals surface area contributed by atoms with Gasteiger partial charge in [-0.2, -0.15) is 0 Å². The van der Waals surface area contributed by atoms with Crippen LogP contribution in [0, 0.1) is 5.92 Å². The highest BCUT2D eigenvalue weighted by Gasteiger charge is 2.12. The third-order valence-electron chi connectivity index (χ3n) is 2.92. The van der Waals surface area contributed by atoms with Gasteiger partial charge in [0.15, 0.2) is 0 Å². The molecule has 0 radical (unpaired) electrons. The molecule has 0 spiro atoms. The lowest BCUT2D eigenvalue weighted by atomic mass is 9.94. The van der Waals surface area contributed by atoms with Gasteiger partial charge >= 0.3 is 0 Å². The van der Waals surface area contributed by atoms with Crippen molar-refractivity contribution < 1.29 is 9.53 Å². The largest absolute Gasteiger partial charge is 0.496 e. The first-order chi connectivity index (χ1) is 8.56. The summed E-state index contributed by atoms with van der Waals surface area (Å²) in [6.45, 7) is 4.16. The SMILES string of the molecule is CCCC(=O)CC(C)Cc1cc(Br)ccc1OC. The summed E-state index contributed by atoms with van der Waals surface area (Å²) in [6.07, 6.45) is 3.16. The average Bonchev–Trinajstić information content (AvgIpc) is 2.29. The minimum atomic E-state index is 0.354. The lowest BCUT2D eigenvalue weighted by Gasteiger charge is -2.14. The Morgan fingerprint density at radius 1 is 1.44 bits per heavy atom. The monoisotopic (exact) mass is 312 g/mol. The summed E-state index contributed by atoms with van der Waals surface area (Å²) in [5.74, 6) is 1.61. The van der Waals surface area contributed by atoms with Crippen molar-refractivity contribution in [3.63, 3.8) is 0 Å². The molecule has 0 aliphatic heterocycles. The van der Waals surface area contributed by atoms with Gasteiger partial charge in [-0.05, 0) is 42.5 Å². The van der Waals surface area contributed by atoms with E-state index in [1.807, 2.05) is 19.1 Å². The van der Waals surface area contributed by atoms with Crippen LogP contribution in [0.15, 0.2) is 22.7 Å². The number of rotatable bonds is 7. The van der Waals surface area contributed by atoms with Gasteiger partial charge in [-0.25, -0.2) is 0 Å². The molecule has 0 saturated carbocycles. The molecule has 0 aliphatic rings. The minimum absolute atomic E-state index is 0.354. The number of ether oxygens (including phenoxy) is 1. The summed E-state index contributed by atoms with van der Waals surface area (Å²) < 4.78 is 6.39. The molecule has 100 valence electrons. The summed E-state index contributed by atoms with van der Waals surface area (Å²) in [4.78, 5) is 11.6.